The number of aryl methyl sites for hydroxylation is 1. The van der Waals surface area contributed by atoms with E-state index in [-0.39, 0.29) is 11.5 Å². The Hall–Kier alpha value is -2.47. The molecule has 0 unspecified atom stereocenters. The number of amides is 1. The van der Waals surface area contributed by atoms with Crippen molar-refractivity contribution in [3.63, 3.8) is 0 Å². The van der Waals surface area contributed by atoms with Gasteiger partial charge in [-0.2, -0.15) is 0 Å². The number of hydrogen-bond donors (Lipinski definition) is 1. The number of carbonyl (C=O) groups is 1. The van der Waals surface area contributed by atoms with Crippen molar-refractivity contribution in [2.24, 2.45) is 0 Å². The van der Waals surface area contributed by atoms with Gasteiger partial charge < -0.3 is 5.32 Å². The van der Waals surface area contributed by atoms with Crippen LogP contribution in [0.5, 0.6) is 0 Å². The molecule has 0 spiro atoms. The summed E-state index contributed by atoms with van der Waals surface area (Å²) in [5, 5.41) is 3.47. The Labute approximate surface area is 155 Å². The van der Waals surface area contributed by atoms with Crippen molar-refractivity contribution >= 4 is 33.1 Å². The molecule has 0 bridgehead atoms. The summed E-state index contributed by atoms with van der Waals surface area (Å²) in [6, 6.07) is 5.42. The second-order valence-electron chi connectivity index (χ2n) is 6.75. The third kappa shape index (κ3) is 3.17. The largest absolute Gasteiger partial charge is 0.351 e. The maximum atomic E-state index is 12.7. The lowest BCUT2D eigenvalue weighted by Gasteiger charge is -2.12. The van der Waals surface area contributed by atoms with Crippen molar-refractivity contribution in [1.29, 1.82) is 0 Å². The van der Waals surface area contributed by atoms with Crippen molar-refractivity contribution in [1.82, 2.24) is 14.7 Å². The Morgan fingerprint density at radius 2 is 2.27 bits per heavy atom. The molecule has 134 valence electrons. The molecule has 5 nitrogen and oxygen atoms in total. The van der Waals surface area contributed by atoms with Crippen LogP contribution in [0.2, 0.25) is 0 Å². The first-order valence-corrected chi connectivity index (χ1v) is 9.83. The van der Waals surface area contributed by atoms with E-state index in [9.17, 15) is 9.59 Å². The van der Waals surface area contributed by atoms with Gasteiger partial charge in [-0.1, -0.05) is 17.7 Å². The molecular formula is C20H21N3O2S. The molecule has 1 aliphatic carbocycles. The number of thiophene rings is 1. The summed E-state index contributed by atoms with van der Waals surface area (Å²) in [6.45, 7) is 2.56. The van der Waals surface area contributed by atoms with E-state index in [0.29, 0.717) is 27.3 Å². The Morgan fingerprint density at radius 1 is 1.38 bits per heavy atom. The Kier molecular flexibility index (Phi) is 4.59. The van der Waals surface area contributed by atoms with Crippen LogP contribution in [0.1, 0.15) is 47.3 Å². The highest BCUT2D eigenvalue weighted by Crippen LogP contribution is 2.23. The molecule has 0 aliphatic heterocycles. The van der Waals surface area contributed by atoms with Gasteiger partial charge >= 0.3 is 0 Å². The summed E-state index contributed by atoms with van der Waals surface area (Å²) < 4.78 is 1.54. The van der Waals surface area contributed by atoms with Crippen molar-refractivity contribution in [3.05, 3.63) is 56.8 Å². The van der Waals surface area contributed by atoms with Crippen LogP contribution >= 0.6 is 11.3 Å². The van der Waals surface area contributed by atoms with Crippen molar-refractivity contribution < 1.29 is 4.79 Å². The van der Waals surface area contributed by atoms with E-state index in [4.69, 9.17) is 0 Å². The zero-order valence-electron chi connectivity index (χ0n) is 14.7. The minimum atomic E-state index is -0.130. The molecule has 1 amide bonds. The Bertz CT molecular complexity index is 1080. The summed E-state index contributed by atoms with van der Waals surface area (Å²) in [5.41, 5.74) is 2.89. The smallest absolute Gasteiger partial charge is 0.266 e. The number of fused-ring (bicyclic) bond motifs is 2. The number of hydrogen-bond acceptors (Lipinski definition) is 4. The van der Waals surface area contributed by atoms with Crippen LogP contribution in [0.4, 0.5) is 0 Å². The van der Waals surface area contributed by atoms with Crippen LogP contribution in [-0.4, -0.2) is 21.8 Å². The normalized spacial score (nSPS) is 14.6. The predicted molar refractivity (Wildman–Crippen MR) is 105 cm³/mol. The monoisotopic (exact) mass is 367 g/mol. The quantitative estimate of drug-likeness (QED) is 0.713. The van der Waals surface area contributed by atoms with Crippen LogP contribution < -0.4 is 10.9 Å². The molecule has 0 aromatic carbocycles. The summed E-state index contributed by atoms with van der Waals surface area (Å²) in [4.78, 5) is 30.9. The van der Waals surface area contributed by atoms with Crippen LogP contribution in [0.25, 0.3) is 15.9 Å². The van der Waals surface area contributed by atoms with Gasteiger partial charge in [-0.05, 0) is 56.7 Å². The Balaban J connectivity index is 1.57. The van der Waals surface area contributed by atoms with E-state index < -0.39 is 0 Å². The molecule has 3 aromatic rings. The topological polar surface area (TPSA) is 63.5 Å². The Morgan fingerprint density at radius 3 is 3.08 bits per heavy atom. The minimum absolute atomic E-state index is 0.128. The molecule has 6 heteroatoms. The van der Waals surface area contributed by atoms with E-state index in [1.807, 2.05) is 19.1 Å². The second kappa shape index (κ2) is 7.03. The molecular weight excluding hydrogens is 346 g/mol. The van der Waals surface area contributed by atoms with Crippen molar-refractivity contribution in [2.45, 2.75) is 39.0 Å². The zero-order valence-corrected chi connectivity index (χ0v) is 15.6. The minimum Gasteiger partial charge on any atom is -0.351 e. The highest BCUT2D eigenvalue weighted by atomic mass is 32.1. The number of aromatic nitrogens is 2. The van der Waals surface area contributed by atoms with Gasteiger partial charge in [0.1, 0.15) is 10.5 Å². The predicted octanol–water partition coefficient (Wildman–Crippen LogP) is 3.84. The van der Waals surface area contributed by atoms with E-state index in [2.05, 4.69) is 16.4 Å². The highest BCUT2D eigenvalue weighted by molar-refractivity contribution is 7.20. The SMILES string of the molecule is Cc1cccn2c(=O)c3cc(C(=O)NCCC4=CCCCC4)sc3nc12. The average molecular weight is 367 g/mol. The van der Waals surface area contributed by atoms with Crippen LogP contribution in [0, 0.1) is 6.92 Å². The molecule has 0 radical (unpaired) electrons. The number of pyridine rings is 1. The van der Waals surface area contributed by atoms with Gasteiger partial charge in [0.25, 0.3) is 11.5 Å². The summed E-state index contributed by atoms with van der Waals surface area (Å²) in [5.74, 6) is -0.130. The van der Waals surface area contributed by atoms with Gasteiger partial charge in [0.05, 0.1) is 10.3 Å². The molecule has 3 aromatic heterocycles. The van der Waals surface area contributed by atoms with Gasteiger partial charge in [-0.25, -0.2) is 4.98 Å². The zero-order chi connectivity index (χ0) is 18.1. The first kappa shape index (κ1) is 17.0. The molecule has 0 fully saturated rings. The van der Waals surface area contributed by atoms with Gasteiger partial charge in [-0.3, -0.25) is 14.0 Å². The van der Waals surface area contributed by atoms with E-state index in [0.717, 1.165) is 24.8 Å². The third-order valence-electron chi connectivity index (χ3n) is 4.87. The van der Waals surface area contributed by atoms with Crippen LogP contribution in [0.3, 0.4) is 0 Å². The highest BCUT2D eigenvalue weighted by Gasteiger charge is 2.15. The summed E-state index contributed by atoms with van der Waals surface area (Å²) in [7, 11) is 0. The molecule has 1 aliphatic rings. The fourth-order valence-corrected chi connectivity index (χ4v) is 4.36. The molecule has 0 saturated heterocycles. The molecule has 26 heavy (non-hydrogen) atoms. The number of carbonyl (C=O) groups excluding carboxylic acids is 1. The summed E-state index contributed by atoms with van der Waals surface area (Å²) >= 11 is 1.28. The molecule has 0 atom stereocenters. The molecule has 4 rings (SSSR count). The first-order valence-electron chi connectivity index (χ1n) is 9.01. The fraction of sp³-hybridized carbons (Fsp3) is 0.350. The standard InChI is InChI=1S/C20H21N3O2S/c1-13-6-5-11-23-17(13)22-19-15(20(23)25)12-16(26-19)18(24)21-10-9-14-7-3-2-4-8-14/h5-7,11-12H,2-4,8-10H2,1H3,(H,21,24). The van der Waals surface area contributed by atoms with Gasteiger partial charge in [-0.15, -0.1) is 11.3 Å². The number of nitrogens with one attached hydrogen (secondary N) is 1. The lowest BCUT2D eigenvalue weighted by molar-refractivity contribution is 0.0958. The molecule has 1 N–H and O–H groups in total. The molecule has 0 saturated carbocycles. The van der Waals surface area contributed by atoms with Crippen LogP contribution in [0.15, 0.2) is 40.8 Å². The maximum absolute atomic E-state index is 12.7. The molecule has 3 heterocycles. The van der Waals surface area contributed by atoms with Crippen LogP contribution in [-0.2, 0) is 0 Å². The van der Waals surface area contributed by atoms with E-state index >= 15 is 0 Å². The number of allylic oxidation sites excluding steroid dienone is 1. The second-order valence-corrected chi connectivity index (χ2v) is 7.78. The van der Waals surface area contributed by atoms with E-state index in [1.54, 1.807) is 16.7 Å². The lowest BCUT2D eigenvalue weighted by atomic mass is 9.97. The summed E-state index contributed by atoms with van der Waals surface area (Å²) in [6.07, 6.45) is 9.74. The average Bonchev–Trinajstić information content (AvgIpc) is 3.08. The van der Waals surface area contributed by atoms with Crippen molar-refractivity contribution in [3.8, 4) is 0 Å². The fourth-order valence-electron chi connectivity index (χ4n) is 3.43. The first-order chi connectivity index (χ1) is 12.6. The van der Waals surface area contributed by atoms with Crippen molar-refractivity contribution in [2.75, 3.05) is 6.54 Å². The maximum Gasteiger partial charge on any atom is 0.266 e. The van der Waals surface area contributed by atoms with Gasteiger partial charge in [0.2, 0.25) is 0 Å². The third-order valence-corrected chi connectivity index (χ3v) is 5.90. The van der Waals surface area contributed by atoms with E-state index in [1.165, 1.54) is 29.8 Å². The lowest BCUT2D eigenvalue weighted by Crippen LogP contribution is -2.24. The van der Waals surface area contributed by atoms with Gasteiger partial charge in [0, 0.05) is 12.7 Å². The number of nitrogens with zero attached hydrogens (tertiary/aromatic N) is 2. The van der Waals surface area contributed by atoms with Gasteiger partial charge in [0.15, 0.2) is 0 Å². The number of rotatable bonds is 4.